The van der Waals surface area contributed by atoms with E-state index in [-0.39, 0.29) is 12.0 Å². The number of H-pyrrole nitrogens is 1. The normalized spacial score (nSPS) is 25.1. The number of nitrogens with one attached hydrogen (secondary N) is 2. The molecular weight excluding hydrogens is 390 g/mol. The van der Waals surface area contributed by atoms with Gasteiger partial charge in [-0.25, -0.2) is 13.8 Å². The SMILES string of the molecule is CC(C)C(C)(O)C1CN(C2=C(F)C=C(F)C(c3[nH]nc4ncccc34)N2C)CCN1. The largest absolute Gasteiger partial charge is 0.388 e. The summed E-state index contributed by atoms with van der Waals surface area (Å²) in [5, 5.41) is 22.0. The molecule has 2 aromatic heterocycles. The molecule has 7 nitrogen and oxygen atoms in total. The predicted octanol–water partition coefficient (Wildman–Crippen LogP) is 2.62. The lowest BCUT2D eigenvalue weighted by Crippen LogP contribution is -2.62. The molecule has 9 heteroatoms. The van der Waals surface area contributed by atoms with Crippen LogP contribution in [-0.2, 0) is 0 Å². The lowest BCUT2D eigenvalue weighted by Gasteiger charge is -2.47. The average molecular weight is 418 g/mol. The number of rotatable bonds is 4. The zero-order valence-corrected chi connectivity index (χ0v) is 17.7. The van der Waals surface area contributed by atoms with Crippen molar-refractivity contribution in [3.8, 4) is 0 Å². The van der Waals surface area contributed by atoms with Gasteiger partial charge in [0, 0.05) is 44.3 Å². The number of fused-ring (bicyclic) bond motifs is 1. The van der Waals surface area contributed by atoms with Crippen LogP contribution in [0.1, 0.15) is 32.5 Å². The Morgan fingerprint density at radius 3 is 2.83 bits per heavy atom. The second-order valence-corrected chi connectivity index (χ2v) is 8.56. The number of aliphatic hydroxyl groups is 1. The van der Waals surface area contributed by atoms with Gasteiger partial charge in [-0.2, -0.15) is 5.10 Å². The standard InChI is InChI=1S/C21H28F2N6O/c1-12(2)21(3,30)16-11-29(9-8-24-16)20-15(23)10-14(22)18(28(20)4)17-13-6-5-7-25-19(13)27-26-17/h5-7,10,12,16,18,24,30H,8-9,11H2,1-4H3,(H,25,26,27). The number of aromatic nitrogens is 3. The van der Waals surface area contributed by atoms with Crippen LogP contribution in [0.25, 0.3) is 11.0 Å². The molecule has 30 heavy (non-hydrogen) atoms. The number of piperazine rings is 1. The summed E-state index contributed by atoms with van der Waals surface area (Å²) >= 11 is 0. The minimum atomic E-state index is -0.964. The molecule has 2 aliphatic heterocycles. The van der Waals surface area contributed by atoms with Crippen molar-refractivity contribution in [2.24, 2.45) is 5.92 Å². The number of allylic oxidation sites excluding steroid dienone is 2. The minimum absolute atomic E-state index is 0.0202. The van der Waals surface area contributed by atoms with Crippen molar-refractivity contribution in [2.75, 3.05) is 26.7 Å². The van der Waals surface area contributed by atoms with E-state index in [2.05, 4.69) is 20.5 Å². The van der Waals surface area contributed by atoms with Gasteiger partial charge in [0.15, 0.2) is 11.5 Å². The van der Waals surface area contributed by atoms with Crippen molar-refractivity contribution in [1.82, 2.24) is 30.3 Å². The first-order valence-electron chi connectivity index (χ1n) is 10.2. The van der Waals surface area contributed by atoms with Gasteiger partial charge in [-0.1, -0.05) is 13.8 Å². The third-order valence-corrected chi connectivity index (χ3v) is 6.44. The lowest BCUT2D eigenvalue weighted by molar-refractivity contribution is -0.0415. The molecule has 3 N–H and O–H groups in total. The number of aromatic amines is 1. The van der Waals surface area contributed by atoms with Crippen LogP contribution in [-0.4, -0.2) is 68.4 Å². The molecule has 0 radical (unpaired) electrons. The van der Waals surface area contributed by atoms with Crippen molar-refractivity contribution in [3.05, 3.63) is 47.6 Å². The fourth-order valence-corrected chi connectivity index (χ4v) is 4.26. The smallest absolute Gasteiger partial charge is 0.181 e. The number of nitrogens with zero attached hydrogens (tertiary/aromatic N) is 4. The van der Waals surface area contributed by atoms with E-state index in [0.29, 0.717) is 42.2 Å². The van der Waals surface area contributed by atoms with Gasteiger partial charge in [0.05, 0.1) is 17.3 Å². The molecule has 1 saturated heterocycles. The summed E-state index contributed by atoms with van der Waals surface area (Å²) in [5.74, 6) is -0.905. The van der Waals surface area contributed by atoms with E-state index in [1.54, 1.807) is 31.1 Å². The predicted molar refractivity (Wildman–Crippen MR) is 111 cm³/mol. The number of likely N-dealkylation sites (N-methyl/N-ethyl adjacent to an activating group) is 1. The third kappa shape index (κ3) is 3.35. The van der Waals surface area contributed by atoms with Gasteiger partial charge in [0.1, 0.15) is 17.7 Å². The highest BCUT2D eigenvalue weighted by molar-refractivity contribution is 5.78. The quantitative estimate of drug-likeness (QED) is 0.708. The summed E-state index contributed by atoms with van der Waals surface area (Å²) in [6.45, 7) is 7.25. The molecule has 3 unspecified atom stereocenters. The van der Waals surface area contributed by atoms with Gasteiger partial charge in [0.2, 0.25) is 0 Å². The van der Waals surface area contributed by atoms with Crippen LogP contribution < -0.4 is 5.32 Å². The monoisotopic (exact) mass is 418 g/mol. The summed E-state index contributed by atoms with van der Waals surface area (Å²) in [6.07, 6.45) is 2.57. The third-order valence-electron chi connectivity index (χ3n) is 6.44. The van der Waals surface area contributed by atoms with Crippen molar-refractivity contribution < 1.29 is 13.9 Å². The Hall–Kier alpha value is -2.52. The van der Waals surface area contributed by atoms with E-state index in [1.165, 1.54) is 0 Å². The van der Waals surface area contributed by atoms with Crippen LogP contribution in [0.4, 0.5) is 8.78 Å². The van der Waals surface area contributed by atoms with Gasteiger partial charge >= 0.3 is 0 Å². The summed E-state index contributed by atoms with van der Waals surface area (Å²) in [6, 6.07) is 2.49. The van der Waals surface area contributed by atoms with Crippen LogP contribution in [0.15, 0.2) is 41.9 Å². The maximum atomic E-state index is 15.0. The molecule has 0 bridgehead atoms. The summed E-state index contributed by atoms with van der Waals surface area (Å²) in [7, 11) is 1.67. The summed E-state index contributed by atoms with van der Waals surface area (Å²) in [5.41, 5.74) is 0.0509. The Morgan fingerprint density at radius 2 is 2.10 bits per heavy atom. The number of halogens is 2. The molecule has 4 heterocycles. The Balaban J connectivity index is 1.67. The van der Waals surface area contributed by atoms with Crippen LogP contribution in [0.2, 0.25) is 0 Å². The molecular formula is C21H28F2N6O. The molecule has 0 aliphatic carbocycles. The maximum absolute atomic E-state index is 15.0. The molecule has 0 saturated carbocycles. The number of hydrogen-bond acceptors (Lipinski definition) is 6. The Morgan fingerprint density at radius 1 is 1.33 bits per heavy atom. The summed E-state index contributed by atoms with van der Waals surface area (Å²) < 4.78 is 30.0. The Kier molecular flexibility index (Phi) is 5.27. The first kappa shape index (κ1) is 20.7. The van der Waals surface area contributed by atoms with Crippen molar-refractivity contribution in [3.63, 3.8) is 0 Å². The highest BCUT2D eigenvalue weighted by Crippen LogP contribution is 2.40. The molecule has 4 rings (SSSR count). The molecule has 2 aromatic rings. The second-order valence-electron chi connectivity index (χ2n) is 8.56. The molecule has 0 spiro atoms. The van der Waals surface area contributed by atoms with E-state index in [9.17, 15) is 9.50 Å². The lowest BCUT2D eigenvalue weighted by atomic mass is 9.84. The Bertz CT molecular complexity index is 998. The minimum Gasteiger partial charge on any atom is -0.388 e. The molecule has 2 aliphatic rings. The van der Waals surface area contributed by atoms with Gasteiger partial charge in [-0.05, 0) is 25.0 Å². The average Bonchev–Trinajstić information content (AvgIpc) is 3.12. The van der Waals surface area contributed by atoms with E-state index < -0.39 is 23.3 Å². The van der Waals surface area contributed by atoms with E-state index >= 15 is 4.39 Å². The van der Waals surface area contributed by atoms with Crippen molar-refractivity contribution in [2.45, 2.75) is 38.5 Å². The van der Waals surface area contributed by atoms with E-state index in [0.717, 1.165) is 6.08 Å². The van der Waals surface area contributed by atoms with Crippen LogP contribution >= 0.6 is 0 Å². The first-order chi connectivity index (χ1) is 14.2. The van der Waals surface area contributed by atoms with Crippen LogP contribution in [0.5, 0.6) is 0 Å². The van der Waals surface area contributed by atoms with Crippen molar-refractivity contribution >= 4 is 11.0 Å². The number of hydrogen-bond donors (Lipinski definition) is 3. The van der Waals surface area contributed by atoms with Gasteiger partial charge in [0.25, 0.3) is 0 Å². The van der Waals surface area contributed by atoms with Gasteiger partial charge in [-0.15, -0.1) is 0 Å². The highest BCUT2D eigenvalue weighted by atomic mass is 19.1. The zero-order chi connectivity index (χ0) is 21.6. The maximum Gasteiger partial charge on any atom is 0.181 e. The highest BCUT2D eigenvalue weighted by Gasteiger charge is 2.41. The first-order valence-corrected chi connectivity index (χ1v) is 10.2. The molecule has 1 fully saturated rings. The van der Waals surface area contributed by atoms with E-state index in [1.807, 2.05) is 24.8 Å². The van der Waals surface area contributed by atoms with Gasteiger partial charge in [-0.3, -0.25) is 5.10 Å². The topological polar surface area (TPSA) is 80.3 Å². The van der Waals surface area contributed by atoms with Crippen LogP contribution in [0.3, 0.4) is 0 Å². The van der Waals surface area contributed by atoms with Crippen LogP contribution in [0, 0.1) is 5.92 Å². The molecule has 0 amide bonds. The molecule has 162 valence electrons. The summed E-state index contributed by atoms with van der Waals surface area (Å²) in [4.78, 5) is 7.66. The second kappa shape index (κ2) is 7.63. The molecule has 3 atom stereocenters. The van der Waals surface area contributed by atoms with E-state index in [4.69, 9.17) is 0 Å². The Labute approximate surface area is 174 Å². The van der Waals surface area contributed by atoms with Gasteiger partial charge < -0.3 is 20.2 Å². The fourth-order valence-electron chi connectivity index (χ4n) is 4.26. The fraction of sp³-hybridized carbons (Fsp3) is 0.524. The zero-order valence-electron chi connectivity index (χ0n) is 17.7. The van der Waals surface area contributed by atoms with Crippen molar-refractivity contribution in [1.29, 1.82) is 0 Å². The number of pyridine rings is 1. The molecule has 0 aromatic carbocycles.